The average molecular weight is 409 g/mol. The normalized spacial score (nSPS) is 11.4. The van der Waals surface area contributed by atoms with Crippen LogP contribution in [-0.2, 0) is 13.2 Å². The number of hydrogen-bond donors (Lipinski definition) is 1. The van der Waals surface area contributed by atoms with Gasteiger partial charge in [0.1, 0.15) is 5.69 Å². The van der Waals surface area contributed by atoms with Gasteiger partial charge in [0.15, 0.2) is 5.69 Å². The first-order valence-corrected chi connectivity index (χ1v) is 7.80. The number of halogens is 5. The second kappa shape index (κ2) is 7.16. The van der Waals surface area contributed by atoms with Crippen LogP contribution in [0.5, 0.6) is 0 Å². The molecule has 0 unspecified atom stereocenters. The maximum atomic E-state index is 12.7. The van der Waals surface area contributed by atoms with Gasteiger partial charge in [-0.3, -0.25) is 14.3 Å². The van der Waals surface area contributed by atoms with Gasteiger partial charge in [-0.25, -0.2) is 0 Å². The van der Waals surface area contributed by atoms with Crippen LogP contribution in [-0.4, -0.2) is 40.6 Å². The molecule has 140 valence electrons. The summed E-state index contributed by atoms with van der Waals surface area (Å²) in [7, 11) is 4.17. The number of aromatic nitrogens is 2. The minimum absolute atomic E-state index is 0.000867. The van der Waals surface area contributed by atoms with Crippen LogP contribution in [0.25, 0.3) is 0 Å². The lowest BCUT2D eigenvalue weighted by atomic mass is 10.1. The highest BCUT2D eigenvalue weighted by atomic mass is 35.5. The topological polar surface area (TPSA) is 67.2 Å². The van der Waals surface area contributed by atoms with Gasteiger partial charge in [0.2, 0.25) is 0 Å². The third-order valence-electron chi connectivity index (χ3n) is 3.33. The predicted molar refractivity (Wildman–Crippen MR) is 90.6 cm³/mol. The quantitative estimate of drug-likeness (QED) is 0.841. The minimum atomic E-state index is -4.69. The van der Waals surface area contributed by atoms with Gasteiger partial charge in [-0.1, -0.05) is 23.2 Å². The third-order valence-corrected chi connectivity index (χ3v) is 3.85. The molecule has 26 heavy (non-hydrogen) atoms. The molecule has 0 aliphatic carbocycles. The summed E-state index contributed by atoms with van der Waals surface area (Å²) in [6.07, 6.45) is -4.69. The van der Waals surface area contributed by atoms with Gasteiger partial charge in [-0.2, -0.15) is 18.3 Å². The number of rotatable bonds is 3. The van der Waals surface area contributed by atoms with E-state index in [2.05, 4.69) is 10.4 Å². The maximum absolute atomic E-state index is 12.7. The van der Waals surface area contributed by atoms with E-state index in [1.807, 2.05) is 0 Å². The molecule has 11 heteroatoms. The van der Waals surface area contributed by atoms with Crippen molar-refractivity contribution in [3.05, 3.63) is 45.2 Å². The van der Waals surface area contributed by atoms with Crippen molar-refractivity contribution in [2.75, 3.05) is 19.4 Å². The lowest BCUT2D eigenvalue weighted by Crippen LogP contribution is -2.25. The van der Waals surface area contributed by atoms with Crippen LogP contribution in [0.3, 0.4) is 0 Å². The molecule has 1 heterocycles. The number of nitrogens with one attached hydrogen (secondary N) is 1. The number of alkyl halides is 3. The minimum Gasteiger partial charge on any atom is -0.345 e. The Labute approximate surface area is 156 Å². The number of hydrogen-bond acceptors (Lipinski definition) is 3. The molecule has 0 bridgehead atoms. The molecule has 6 nitrogen and oxygen atoms in total. The number of amides is 2. The Bertz CT molecular complexity index is 879. The van der Waals surface area contributed by atoms with Gasteiger partial charge in [-0.05, 0) is 12.1 Å². The SMILES string of the molecule is CN(C)C(=O)c1cc(Cl)cc(Cl)c1NC(=O)c1cc(C(F)(F)F)nn1C. The van der Waals surface area contributed by atoms with Crippen LogP contribution in [0.1, 0.15) is 26.5 Å². The Morgan fingerprint density at radius 3 is 2.31 bits per heavy atom. The Balaban J connectivity index is 2.44. The van der Waals surface area contributed by atoms with E-state index in [9.17, 15) is 22.8 Å². The smallest absolute Gasteiger partial charge is 0.345 e. The van der Waals surface area contributed by atoms with Gasteiger partial charge >= 0.3 is 6.18 Å². The maximum Gasteiger partial charge on any atom is 0.435 e. The number of carbonyl (C=O) groups excluding carboxylic acids is 2. The van der Waals surface area contributed by atoms with Crippen molar-refractivity contribution in [3.8, 4) is 0 Å². The number of nitrogens with zero attached hydrogens (tertiary/aromatic N) is 3. The molecular weight excluding hydrogens is 396 g/mol. The third kappa shape index (κ3) is 4.10. The van der Waals surface area contributed by atoms with E-state index in [1.165, 1.54) is 38.2 Å². The molecule has 1 N–H and O–H groups in total. The lowest BCUT2D eigenvalue weighted by molar-refractivity contribution is -0.141. The van der Waals surface area contributed by atoms with Gasteiger partial charge in [0.05, 0.1) is 16.3 Å². The first-order valence-electron chi connectivity index (χ1n) is 7.05. The Morgan fingerprint density at radius 1 is 1.19 bits per heavy atom. The summed E-state index contributed by atoms with van der Waals surface area (Å²) in [4.78, 5) is 25.9. The molecule has 1 aromatic carbocycles. The van der Waals surface area contributed by atoms with E-state index in [-0.39, 0.29) is 27.0 Å². The van der Waals surface area contributed by atoms with Gasteiger partial charge in [0.25, 0.3) is 11.8 Å². The van der Waals surface area contributed by atoms with Crippen molar-refractivity contribution in [2.45, 2.75) is 6.18 Å². The zero-order chi connectivity index (χ0) is 19.8. The Hall–Kier alpha value is -2.26. The number of anilines is 1. The largest absolute Gasteiger partial charge is 0.435 e. The lowest BCUT2D eigenvalue weighted by Gasteiger charge is -2.16. The highest BCUT2D eigenvalue weighted by Crippen LogP contribution is 2.32. The predicted octanol–water partition coefficient (Wildman–Crippen LogP) is 3.70. The van der Waals surface area contributed by atoms with E-state index in [4.69, 9.17) is 23.2 Å². The molecular formula is C15H13Cl2F3N4O2. The highest BCUT2D eigenvalue weighted by Gasteiger charge is 2.35. The zero-order valence-electron chi connectivity index (χ0n) is 13.8. The fourth-order valence-electron chi connectivity index (χ4n) is 2.11. The van der Waals surface area contributed by atoms with Crippen molar-refractivity contribution >= 4 is 40.7 Å². The molecule has 0 aliphatic heterocycles. The fraction of sp³-hybridized carbons (Fsp3) is 0.267. The van der Waals surface area contributed by atoms with Crippen LogP contribution >= 0.6 is 23.2 Å². The molecule has 1 aromatic heterocycles. The molecule has 0 saturated heterocycles. The monoisotopic (exact) mass is 408 g/mol. The summed E-state index contributed by atoms with van der Waals surface area (Å²) in [5, 5.41) is 5.76. The van der Waals surface area contributed by atoms with Crippen LogP contribution in [0.15, 0.2) is 18.2 Å². The van der Waals surface area contributed by atoms with Gasteiger partial charge in [-0.15, -0.1) is 0 Å². The van der Waals surface area contributed by atoms with Crippen LogP contribution in [0.4, 0.5) is 18.9 Å². The Kier molecular flexibility index (Phi) is 5.52. The molecule has 0 atom stereocenters. The van der Waals surface area contributed by atoms with Crippen molar-refractivity contribution in [1.82, 2.24) is 14.7 Å². The van der Waals surface area contributed by atoms with Crippen molar-refractivity contribution < 1.29 is 22.8 Å². The molecule has 0 fully saturated rings. The van der Waals surface area contributed by atoms with E-state index >= 15 is 0 Å². The van der Waals surface area contributed by atoms with Gasteiger partial charge in [0, 0.05) is 32.2 Å². The van der Waals surface area contributed by atoms with Crippen molar-refractivity contribution in [1.29, 1.82) is 0 Å². The molecule has 0 spiro atoms. The zero-order valence-corrected chi connectivity index (χ0v) is 15.3. The summed E-state index contributed by atoms with van der Waals surface area (Å²) in [5.74, 6) is -1.40. The highest BCUT2D eigenvalue weighted by molar-refractivity contribution is 6.38. The second-order valence-corrected chi connectivity index (χ2v) is 6.34. The Morgan fingerprint density at radius 2 is 1.81 bits per heavy atom. The first kappa shape index (κ1) is 20.1. The molecule has 2 amide bonds. The van der Waals surface area contributed by atoms with Gasteiger partial charge < -0.3 is 10.2 Å². The summed E-state index contributed by atoms with van der Waals surface area (Å²) in [5.41, 5.74) is -1.63. The number of aryl methyl sites for hydroxylation is 1. The van der Waals surface area contributed by atoms with Crippen LogP contribution in [0, 0.1) is 0 Å². The first-order chi connectivity index (χ1) is 11.9. The summed E-state index contributed by atoms with van der Waals surface area (Å²) in [6, 6.07) is 3.21. The summed E-state index contributed by atoms with van der Waals surface area (Å²) in [6.45, 7) is 0. The standard InChI is InChI=1S/C15H13Cl2F3N4O2/c1-23(2)14(26)8-4-7(16)5-9(17)12(8)21-13(25)10-6-11(15(18,19)20)22-24(10)3/h4-6H,1-3H3,(H,21,25). The second-order valence-electron chi connectivity index (χ2n) is 5.50. The van der Waals surface area contributed by atoms with E-state index in [0.29, 0.717) is 6.07 Å². The summed E-state index contributed by atoms with van der Waals surface area (Å²) >= 11 is 12.0. The van der Waals surface area contributed by atoms with Crippen LogP contribution < -0.4 is 5.32 Å². The van der Waals surface area contributed by atoms with Crippen molar-refractivity contribution in [3.63, 3.8) is 0 Å². The van der Waals surface area contributed by atoms with Crippen LogP contribution in [0.2, 0.25) is 10.0 Å². The van der Waals surface area contributed by atoms with Crippen molar-refractivity contribution in [2.24, 2.45) is 7.05 Å². The summed E-state index contributed by atoms with van der Waals surface area (Å²) < 4.78 is 39.0. The van der Waals surface area contributed by atoms with E-state index in [1.54, 1.807) is 0 Å². The molecule has 0 radical (unpaired) electrons. The molecule has 2 rings (SSSR count). The average Bonchev–Trinajstić information content (AvgIpc) is 2.90. The fourth-order valence-corrected chi connectivity index (χ4v) is 2.65. The van der Waals surface area contributed by atoms with E-state index in [0.717, 1.165) is 4.68 Å². The number of benzene rings is 1. The number of carbonyl (C=O) groups is 2. The molecule has 0 aliphatic rings. The molecule has 0 saturated carbocycles. The van der Waals surface area contributed by atoms with E-state index < -0.39 is 23.7 Å². The molecule has 2 aromatic rings.